The Balaban J connectivity index is 1.72. The van der Waals surface area contributed by atoms with E-state index in [1.807, 2.05) is 30.3 Å². The minimum Gasteiger partial charge on any atom is -0.352 e. The van der Waals surface area contributed by atoms with Gasteiger partial charge in [0.15, 0.2) is 0 Å². The molecule has 154 valence electrons. The average molecular weight is 397 g/mol. The molecule has 2 amide bonds. The van der Waals surface area contributed by atoms with Crippen LogP contribution in [0.25, 0.3) is 0 Å². The van der Waals surface area contributed by atoms with E-state index >= 15 is 0 Å². The van der Waals surface area contributed by atoms with Gasteiger partial charge >= 0.3 is 0 Å². The van der Waals surface area contributed by atoms with E-state index in [-0.39, 0.29) is 30.1 Å². The summed E-state index contributed by atoms with van der Waals surface area (Å²) in [5, 5.41) is 3.13. The van der Waals surface area contributed by atoms with Crippen molar-refractivity contribution in [2.45, 2.75) is 64.1 Å². The third-order valence-electron chi connectivity index (χ3n) is 5.58. The zero-order valence-corrected chi connectivity index (χ0v) is 16.9. The Hall–Kier alpha value is -2.69. The second-order valence-corrected chi connectivity index (χ2v) is 7.83. The molecular formula is C24H29FN2O2. The van der Waals surface area contributed by atoms with Crippen LogP contribution in [-0.4, -0.2) is 28.8 Å². The van der Waals surface area contributed by atoms with Gasteiger partial charge in [0.05, 0.1) is 6.42 Å². The lowest BCUT2D eigenvalue weighted by Crippen LogP contribution is -2.50. The van der Waals surface area contributed by atoms with Crippen LogP contribution in [0.4, 0.5) is 4.39 Å². The predicted octanol–water partition coefficient (Wildman–Crippen LogP) is 4.23. The third-order valence-corrected chi connectivity index (χ3v) is 5.58. The van der Waals surface area contributed by atoms with Crippen molar-refractivity contribution in [2.75, 3.05) is 0 Å². The molecule has 0 spiro atoms. The number of halogens is 1. The number of hydrogen-bond acceptors (Lipinski definition) is 2. The van der Waals surface area contributed by atoms with Gasteiger partial charge in [-0.05, 0) is 43.0 Å². The number of rotatable bonds is 7. The molecule has 1 aliphatic rings. The zero-order chi connectivity index (χ0) is 20.6. The topological polar surface area (TPSA) is 49.4 Å². The molecule has 2 aromatic rings. The van der Waals surface area contributed by atoms with Gasteiger partial charge in [0, 0.05) is 12.6 Å². The Kier molecular flexibility index (Phi) is 7.39. The lowest BCUT2D eigenvalue weighted by molar-refractivity contribution is -0.140. The summed E-state index contributed by atoms with van der Waals surface area (Å²) < 4.78 is 13.2. The van der Waals surface area contributed by atoms with Gasteiger partial charge in [-0.15, -0.1) is 0 Å². The van der Waals surface area contributed by atoms with E-state index in [0.29, 0.717) is 6.54 Å². The van der Waals surface area contributed by atoms with E-state index in [0.717, 1.165) is 36.8 Å². The largest absolute Gasteiger partial charge is 0.352 e. The highest BCUT2D eigenvalue weighted by Gasteiger charge is 2.28. The molecule has 0 bridgehead atoms. The smallest absolute Gasteiger partial charge is 0.242 e. The highest BCUT2D eigenvalue weighted by atomic mass is 19.1. The van der Waals surface area contributed by atoms with Crippen LogP contribution in [0.2, 0.25) is 0 Å². The normalized spacial score (nSPS) is 15.5. The van der Waals surface area contributed by atoms with Gasteiger partial charge in [0.2, 0.25) is 11.8 Å². The van der Waals surface area contributed by atoms with Crippen LogP contribution in [0, 0.1) is 5.82 Å². The van der Waals surface area contributed by atoms with E-state index in [1.165, 1.54) is 18.6 Å². The first kappa shape index (κ1) is 21.0. The number of carbonyl (C=O) groups is 2. The van der Waals surface area contributed by atoms with Crippen molar-refractivity contribution in [3.05, 3.63) is 71.5 Å². The molecule has 1 N–H and O–H groups in total. The fourth-order valence-corrected chi connectivity index (χ4v) is 3.81. The molecule has 1 saturated carbocycles. The van der Waals surface area contributed by atoms with Crippen molar-refractivity contribution in [1.82, 2.24) is 10.2 Å². The van der Waals surface area contributed by atoms with Gasteiger partial charge in [0.25, 0.3) is 0 Å². The predicted molar refractivity (Wildman–Crippen MR) is 112 cm³/mol. The molecule has 3 rings (SSSR count). The second-order valence-electron chi connectivity index (χ2n) is 7.83. The van der Waals surface area contributed by atoms with E-state index in [4.69, 9.17) is 0 Å². The van der Waals surface area contributed by atoms with E-state index in [1.54, 1.807) is 24.0 Å². The fourth-order valence-electron chi connectivity index (χ4n) is 3.81. The van der Waals surface area contributed by atoms with Crippen LogP contribution < -0.4 is 5.32 Å². The Labute approximate surface area is 172 Å². The fraction of sp³-hybridized carbons (Fsp3) is 0.417. The summed E-state index contributed by atoms with van der Waals surface area (Å²) in [7, 11) is 0. The second kappa shape index (κ2) is 10.2. The van der Waals surface area contributed by atoms with Crippen molar-refractivity contribution in [3.63, 3.8) is 0 Å². The number of amides is 2. The molecule has 0 saturated heterocycles. The van der Waals surface area contributed by atoms with Gasteiger partial charge in [-0.2, -0.15) is 0 Å². The molecule has 4 nitrogen and oxygen atoms in total. The number of nitrogens with zero attached hydrogens (tertiary/aromatic N) is 1. The van der Waals surface area contributed by atoms with Gasteiger partial charge in [-0.3, -0.25) is 9.59 Å². The Morgan fingerprint density at radius 1 is 1.00 bits per heavy atom. The molecule has 1 fully saturated rings. The molecule has 0 heterocycles. The Morgan fingerprint density at radius 3 is 2.31 bits per heavy atom. The molecule has 1 atom stereocenters. The van der Waals surface area contributed by atoms with E-state index < -0.39 is 6.04 Å². The molecule has 29 heavy (non-hydrogen) atoms. The molecule has 0 radical (unpaired) electrons. The molecule has 1 aliphatic carbocycles. The number of nitrogens with one attached hydrogen (secondary N) is 1. The van der Waals surface area contributed by atoms with Crippen LogP contribution in [0.3, 0.4) is 0 Å². The van der Waals surface area contributed by atoms with Crippen molar-refractivity contribution in [2.24, 2.45) is 0 Å². The lowest BCUT2D eigenvalue weighted by atomic mass is 9.95. The Bertz CT molecular complexity index is 801. The first-order valence-electron chi connectivity index (χ1n) is 10.4. The Morgan fingerprint density at radius 2 is 1.66 bits per heavy atom. The van der Waals surface area contributed by atoms with Crippen LogP contribution >= 0.6 is 0 Å². The summed E-state index contributed by atoms with van der Waals surface area (Å²) in [6.07, 6.45) is 5.63. The van der Waals surface area contributed by atoms with Crippen LogP contribution in [-0.2, 0) is 22.6 Å². The summed E-state index contributed by atoms with van der Waals surface area (Å²) in [5.74, 6) is -0.588. The molecule has 0 unspecified atom stereocenters. The van der Waals surface area contributed by atoms with Gasteiger partial charge in [-0.1, -0.05) is 61.7 Å². The summed E-state index contributed by atoms with van der Waals surface area (Å²) in [5.41, 5.74) is 1.70. The quantitative estimate of drug-likeness (QED) is 0.761. The maximum absolute atomic E-state index is 13.2. The highest BCUT2D eigenvalue weighted by Crippen LogP contribution is 2.18. The molecule has 5 heteroatoms. The summed E-state index contributed by atoms with van der Waals surface area (Å²) >= 11 is 0. The maximum atomic E-state index is 13.2. The summed E-state index contributed by atoms with van der Waals surface area (Å²) in [6.45, 7) is 2.14. The number of carbonyl (C=O) groups excluding carboxylic acids is 2. The summed E-state index contributed by atoms with van der Waals surface area (Å²) in [6, 6.07) is 15.2. The number of hydrogen-bond donors (Lipinski definition) is 1. The van der Waals surface area contributed by atoms with E-state index in [2.05, 4.69) is 5.32 Å². The minimum atomic E-state index is -0.579. The average Bonchev–Trinajstić information content (AvgIpc) is 2.74. The first-order chi connectivity index (χ1) is 14.0. The van der Waals surface area contributed by atoms with Gasteiger partial charge < -0.3 is 10.2 Å². The van der Waals surface area contributed by atoms with Crippen LogP contribution in [0.1, 0.15) is 50.2 Å². The lowest BCUT2D eigenvalue weighted by Gasteiger charge is -2.31. The number of benzene rings is 2. The maximum Gasteiger partial charge on any atom is 0.242 e. The van der Waals surface area contributed by atoms with Gasteiger partial charge in [-0.25, -0.2) is 4.39 Å². The van der Waals surface area contributed by atoms with Crippen LogP contribution in [0.15, 0.2) is 54.6 Å². The zero-order valence-electron chi connectivity index (χ0n) is 16.9. The third kappa shape index (κ3) is 6.14. The van der Waals surface area contributed by atoms with E-state index in [9.17, 15) is 14.0 Å². The monoisotopic (exact) mass is 396 g/mol. The van der Waals surface area contributed by atoms with Gasteiger partial charge in [0.1, 0.15) is 11.9 Å². The molecule has 0 aliphatic heterocycles. The first-order valence-corrected chi connectivity index (χ1v) is 10.4. The minimum absolute atomic E-state index is 0.111. The van der Waals surface area contributed by atoms with Crippen molar-refractivity contribution >= 4 is 11.8 Å². The molecular weight excluding hydrogens is 367 g/mol. The molecule has 0 aromatic heterocycles. The van der Waals surface area contributed by atoms with Crippen molar-refractivity contribution in [3.8, 4) is 0 Å². The summed E-state index contributed by atoms with van der Waals surface area (Å²) in [4.78, 5) is 27.6. The van der Waals surface area contributed by atoms with Crippen LogP contribution in [0.5, 0.6) is 0 Å². The molecule has 2 aromatic carbocycles. The standard InChI is InChI=1S/C24H29FN2O2/c1-18(24(29)26-22-10-6-3-7-11-22)27(17-20-8-4-2-5-9-20)23(28)16-19-12-14-21(25)15-13-19/h2,4-5,8-9,12-15,18,22H,3,6-7,10-11,16-17H2,1H3,(H,26,29)/t18-/m0/s1. The highest BCUT2D eigenvalue weighted by molar-refractivity contribution is 5.88. The van der Waals surface area contributed by atoms with Crippen molar-refractivity contribution in [1.29, 1.82) is 0 Å². The SMILES string of the molecule is C[C@@H](C(=O)NC1CCCCC1)N(Cc1ccccc1)C(=O)Cc1ccc(F)cc1. The van der Waals surface area contributed by atoms with Crippen molar-refractivity contribution < 1.29 is 14.0 Å².